The summed E-state index contributed by atoms with van der Waals surface area (Å²) in [5.41, 5.74) is 3.61. The SMILES string of the molecule is CCSc1nnc(SCC(=O)c2cc(C)n(-c3ccc4c(c3)OCO4)c2C)s1. The number of ketones is 1. The first-order valence-electron chi connectivity index (χ1n) is 8.78. The Balaban J connectivity index is 1.52. The summed E-state index contributed by atoms with van der Waals surface area (Å²) in [6.45, 7) is 6.29. The van der Waals surface area contributed by atoms with Gasteiger partial charge in [0.05, 0.1) is 5.75 Å². The molecule has 4 rings (SSSR count). The van der Waals surface area contributed by atoms with Crippen molar-refractivity contribution in [3.05, 3.63) is 41.2 Å². The lowest BCUT2D eigenvalue weighted by Gasteiger charge is -2.10. The first kappa shape index (κ1) is 19.4. The first-order valence-corrected chi connectivity index (χ1v) is 11.6. The molecule has 9 heteroatoms. The van der Waals surface area contributed by atoms with Gasteiger partial charge in [0.1, 0.15) is 0 Å². The first-order chi connectivity index (χ1) is 13.6. The smallest absolute Gasteiger partial charge is 0.231 e. The van der Waals surface area contributed by atoms with Crippen LogP contribution in [-0.2, 0) is 0 Å². The molecular formula is C19H19N3O3S3. The van der Waals surface area contributed by atoms with Crippen molar-refractivity contribution in [3.8, 4) is 17.2 Å². The Bertz CT molecular complexity index is 1030. The summed E-state index contributed by atoms with van der Waals surface area (Å²) < 4.78 is 14.7. The Hall–Kier alpha value is -1.97. The third kappa shape index (κ3) is 3.78. The van der Waals surface area contributed by atoms with Crippen molar-refractivity contribution in [3.63, 3.8) is 0 Å². The fraction of sp³-hybridized carbons (Fsp3) is 0.316. The van der Waals surface area contributed by atoms with E-state index in [4.69, 9.17) is 9.47 Å². The van der Waals surface area contributed by atoms with Gasteiger partial charge in [0.25, 0.3) is 0 Å². The zero-order valence-electron chi connectivity index (χ0n) is 15.7. The van der Waals surface area contributed by atoms with E-state index in [-0.39, 0.29) is 12.6 Å². The van der Waals surface area contributed by atoms with Crippen LogP contribution in [-0.4, -0.2) is 38.8 Å². The van der Waals surface area contributed by atoms with Crippen LogP contribution in [0.15, 0.2) is 32.9 Å². The molecule has 3 aromatic rings. The Kier molecular flexibility index (Phi) is 5.65. The van der Waals surface area contributed by atoms with Gasteiger partial charge in [-0.2, -0.15) is 0 Å². The van der Waals surface area contributed by atoms with Crippen molar-refractivity contribution in [2.75, 3.05) is 18.3 Å². The number of hydrogen-bond acceptors (Lipinski definition) is 8. The van der Waals surface area contributed by atoms with E-state index in [2.05, 4.69) is 21.7 Å². The predicted octanol–water partition coefficient (Wildman–Crippen LogP) is 4.76. The van der Waals surface area contributed by atoms with Gasteiger partial charge in [0.15, 0.2) is 26.0 Å². The van der Waals surface area contributed by atoms with Crippen molar-refractivity contribution < 1.29 is 14.3 Å². The minimum absolute atomic E-state index is 0.0880. The van der Waals surface area contributed by atoms with Crippen LogP contribution in [0, 0.1) is 13.8 Å². The highest BCUT2D eigenvalue weighted by Crippen LogP contribution is 2.35. The van der Waals surface area contributed by atoms with E-state index in [9.17, 15) is 4.79 Å². The topological polar surface area (TPSA) is 66.2 Å². The van der Waals surface area contributed by atoms with E-state index >= 15 is 0 Å². The molecule has 146 valence electrons. The third-order valence-electron chi connectivity index (χ3n) is 4.33. The number of carbonyl (C=O) groups excluding carboxylic acids is 1. The van der Waals surface area contributed by atoms with Gasteiger partial charge in [0, 0.05) is 28.7 Å². The Morgan fingerprint density at radius 3 is 2.68 bits per heavy atom. The zero-order valence-corrected chi connectivity index (χ0v) is 18.2. The lowest BCUT2D eigenvalue weighted by atomic mass is 10.2. The van der Waals surface area contributed by atoms with Crippen LogP contribution in [0.25, 0.3) is 5.69 Å². The summed E-state index contributed by atoms with van der Waals surface area (Å²) in [5.74, 6) is 2.87. The van der Waals surface area contributed by atoms with E-state index in [1.165, 1.54) is 23.1 Å². The molecule has 1 aliphatic rings. The lowest BCUT2D eigenvalue weighted by Crippen LogP contribution is -2.05. The molecule has 0 atom stereocenters. The Morgan fingerprint density at radius 2 is 1.89 bits per heavy atom. The maximum absolute atomic E-state index is 12.8. The fourth-order valence-corrected chi connectivity index (χ4v) is 5.91. The molecule has 28 heavy (non-hydrogen) atoms. The molecule has 0 N–H and O–H groups in total. The standard InChI is InChI=1S/C19H19N3O3S3/c1-4-26-18-20-21-19(28-18)27-9-15(23)14-7-11(2)22(12(14)3)13-5-6-16-17(8-13)25-10-24-16/h5-8H,4,9-10H2,1-3H3. The van der Waals surface area contributed by atoms with Gasteiger partial charge in [-0.1, -0.05) is 41.8 Å². The van der Waals surface area contributed by atoms with E-state index in [0.717, 1.165) is 48.6 Å². The van der Waals surface area contributed by atoms with Crippen molar-refractivity contribution in [1.29, 1.82) is 0 Å². The Labute approximate surface area is 175 Å². The number of fused-ring (bicyclic) bond motifs is 1. The second kappa shape index (κ2) is 8.18. The minimum Gasteiger partial charge on any atom is -0.454 e. The fourth-order valence-electron chi connectivity index (χ4n) is 3.11. The molecule has 0 fully saturated rings. The van der Waals surface area contributed by atoms with Crippen molar-refractivity contribution >= 4 is 40.6 Å². The van der Waals surface area contributed by atoms with E-state index in [0.29, 0.717) is 5.75 Å². The van der Waals surface area contributed by atoms with Gasteiger partial charge in [0.2, 0.25) is 6.79 Å². The van der Waals surface area contributed by atoms with Crippen LogP contribution in [0.1, 0.15) is 28.7 Å². The van der Waals surface area contributed by atoms with Crippen LogP contribution in [0.3, 0.4) is 0 Å². The largest absolute Gasteiger partial charge is 0.454 e. The number of hydrogen-bond donors (Lipinski definition) is 0. The number of rotatable bonds is 7. The molecule has 1 aliphatic heterocycles. The van der Waals surface area contributed by atoms with Crippen LogP contribution in [0.4, 0.5) is 0 Å². The van der Waals surface area contributed by atoms with Crippen molar-refractivity contribution in [2.45, 2.75) is 29.5 Å². The molecule has 0 saturated heterocycles. The van der Waals surface area contributed by atoms with Crippen LogP contribution in [0.5, 0.6) is 11.5 Å². The highest BCUT2D eigenvalue weighted by Gasteiger charge is 2.20. The van der Waals surface area contributed by atoms with Crippen LogP contribution in [0.2, 0.25) is 0 Å². The van der Waals surface area contributed by atoms with Crippen LogP contribution >= 0.6 is 34.9 Å². The monoisotopic (exact) mass is 433 g/mol. The van der Waals surface area contributed by atoms with Gasteiger partial charge in [-0.05, 0) is 37.8 Å². The predicted molar refractivity (Wildman–Crippen MR) is 113 cm³/mol. The molecule has 0 spiro atoms. The highest BCUT2D eigenvalue weighted by molar-refractivity contribution is 8.03. The number of nitrogens with zero attached hydrogens (tertiary/aromatic N) is 3. The van der Waals surface area contributed by atoms with Gasteiger partial charge in [-0.25, -0.2) is 0 Å². The van der Waals surface area contributed by atoms with Crippen molar-refractivity contribution in [2.24, 2.45) is 0 Å². The Morgan fingerprint density at radius 1 is 1.14 bits per heavy atom. The van der Waals surface area contributed by atoms with Gasteiger partial charge >= 0.3 is 0 Å². The van der Waals surface area contributed by atoms with Gasteiger partial charge in [-0.3, -0.25) is 4.79 Å². The number of aromatic nitrogens is 3. The summed E-state index contributed by atoms with van der Waals surface area (Å²) in [6, 6.07) is 7.76. The molecule has 0 saturated carbocycles. The molecule has 0 aliphatic carbocycles. The normalized spacial score (nSPS) is 12.5. The maximum atomic E-state index is 12.8. The van der Waals surface area contributed by atoms with Gasteiger partial charge < -0.3 is 14.0 Å². The molecule has 0 bridgehead atoms. The molecule has 0 amide bonds. The molecular weight excluding hydrogens is 414 g/mol. The molecule has 6 nitrogen and oxygen atoms in total. The number of Topliss-reactive ketones (excluding diaryl/α,β-unsaturated/α-hetero) is 1. The molecule has 0 radical (unpaired) electrons. The molecule has 1 aromatic carbocycles. The quantitative estimate of drug-likeness (QED) is 0.393. The van der Waals surface area contributed by atoms with Gasteiger partial charge in [-0.15, -0.1) is 10.2 Å². The summed E-state index contributed by atoms with van der Waals surface area (Å²) in [4.78, 5) is 12.8. The third-order valence-corrected chi connectivity index (χ3v) is 7.40. The van der Waals surface area contributed by atoms with E-state index < -0.39 is 0 Å². The average Bonchev–Trinajstić information content (AvgIpc) is 3.39. The number of carbonyl (C=O) groups is 1. The van der Waals surface area contributed by atoms with E-state index in [1.54, 1.807) is 11.8 Å². The molecule has 3 heterocycles. The summed E-state index contributed by atoms with van der Waals surface area (Å²) in [6.07, 6.45) is 0. The minimum atomic E-state index is 0.0880. The molecule has 2 aromatic heterocycles. The number of thioether (sulfide) groups is 2. The van der Waals surface area contributed by atoms with E-state index in [1.807, 2.05) is 38.1 Å². The summed E-state index contributed by atoms with van der Waals surface area (Å²) in [7, 11) is 0. The maximum Gasteiger partial charge on any atom is 0.231 e. The van der Waals surface area contributed by atoms with Crippen LogP contribution < -0.4 is 9.47 Å². The summed E-state index contributed by atoms with van der Waals surface area (Å²) >= 11 is 4.64. The number of ether oxygens (including phenoxy) is 2. The zero-order chi connectivity index (χ0) is 19.7. The highest BCUT2D eigenvalue weighted by atomic mass is 32.2. The lowest BCUT2D eigenvalue weighted by molar-refractivity contribution is 0.102. The number of aryl methyl sites for hydroxylation is 1. The second-order valence-electron chi connectivity index (χ2n) is 6.14. The number of benzene rings is 1. The average molecular weight is 434 g/mol. The molecule has 0 unspecified atom stereocenters. The summed E-state index contributed by atoms with van der Waals surface area (Å²) in [5, 5.41) is 8.29. The second-order valence-corrected chi connectivity index (χ2v) is 9.85. The van der Waals surface area contributed by atoms with Crippen molar-refractivity contribution in [1.82, 2.24) is 14.8 Å².